The number of hydrogen-bond acceptors (Lipinski definition) is 2. The van der Waals surface area contributed by atoms with Crippen LogP contribution >= 0.6 is 0 Å². The monoisotopic (exact) mass is 206 g/mol. The molecule has 0 amide bonds. The van der Waals surface area contributed by atoms with Crippen molar-refractivity contribution in [3.8, 4) is 0 Å². The van der Waals surface area contributed by atoms with Gasteiger partial charge in [-0.2, -0.15) is 0 Å². The molecule has 0 bridgehead atoms. The Bertz CT molecular complexity index is 277. The summed E-state index contributed by atoms with van der Waals surface area (Å²) in [5.41, 5.74) is 8.31. The highest BCUT2D eigenvalue weighted by Crippen LogP contribution is 2.18. The molecule has 1 rings (SSSR count). The van der Waals surface area contributed by atoms with Gasteiger partial charge in [0.15, 0.2) is 0 Å². The van der Waals surface area contributed by atoms with Crippen molar-refractivity contribution in [1.82, 2.24) is 0 Å². The number of benzene rings is 1. The van der Waals surface area contributed by atoms with Gasteiger partial charge in [-0.25, -0.2) is 0 Å². The molecule has 0 fully saturated rings. The van der Waals surface area contributed by atoms with Crippen molar-refractivity contribution in [2.24, 2.45) is 5.73 Å². The molecule has 1 aromatic carbocycles. The molecule has 15 heavy (non-hydrogen) atoms. The van der Waals surface area contributed by atoms with E-state index in [4.69, 9.17) is 5.73 Å². The van der Waals surface area contributed by atoms with E-state index in [1.807, 2.05) is 6.92 Å². The van der Waals surface area contributed by atoms with E-state index < -0.39 is 0 Å². The fourth-order valence-corrected chi connectivity index (χ4v) is 1.73. The Hall–Kier alpha value is -1.02. The SMILES string of the molecule is CCCN(CC)c1ccc(C(C)N)cc1. The second-order valence-corrected chi connectivity index (χ2v) is 3.96. The first-order chi connectivity index (χ1) is 7.19. The lowest BCUT2D eigenvalue weighted by Gasteiger charge is -2.22. The van der Waals surface area contributed by atoms with Gasteiger partial charge in [0.2, 0.25) is 0 Å². The lowest BCUT2D eigenvalue weighted by Crippen LogP contribution is -2.23. The van der Waals surface area contributed by atoms with Crippen LogP contribution in [0.15, 0.2) is 24.3 Å². The van der Waals surface area contributed by atoms with E-state index in [-0.39, 0.29) is 6.04 Å². The maximum atomic E-state index is 5.82. The Morgan fingerprint density at radius 1 is 1.20 bits per heavy atom. The first-order valence-electron chi connectivity index (χ1n) is 5.79. The topological polar surface area (TPSA) is 29.3 Å². The molecule has 0 spiro atoms. The maximum absolute atomic E-state index is 5.82. The van der Waals surface area contributed by atoms with E-state index in [1.165, 1.54) is 17.7 Å². The van der Waals surface area contributed by atoms with Crippen LogP contribution in [0.25, 0.3) is 0 Å². The Kier molecular flexibility index (Phi) is 4.63. The summed E-state index contributed by atoms with van der Waals surface area (Å²) in [5.74, 6) is 0. The highest BCUT2D eigenvalue weighted by Gasteiger charge is 2.03. The molecule has 0 aromatic heterocycles. The lowest BCUT2D eigenvalue weighted by atomic mass is 10.1. The molecular weight excluding hydrogens is 184 g/mol. The summed E-state index contributed by atoms with van der Waals surface area (Å²) in [6, 6.07) is 8.70. The summed E-state index contributed by atoms with van der Waals surface area (Å²) in [7, 11) is 0. The highest BCUT2D eigenvalue weighted by atomic mass is 15.1. The summed E-state index contributed by atoms with van der Waals surface area (Å²) >= 11 is 0. The summed E-state index contributed by atoms with van der Waals surface area (Å²) in [5, 5.41) is 0. The van der Waals surface area contributed by atoms with Crippen LogP contribution in [0.1, 0.15) is 38.8 Å². The molecule has 0 aliphatic rings. The normalized spacial score (nSPS) is 12.5. The largest absolute Gasteiger partial charge is 0.372 e. The average molecular weight is 206 g/mol. The molecule has 0 heterocycles. The molecule has 0 aliphatic heterocycles. The molecule has 2 heteroatoms. The third-order valence-corrected chi connectivity index (χ3v) is 2.66. The Morgan fingerprint density at radius 3 is 2.20 bits per heavy atom. The van der Waals surface area contributed by atoms with Crippen LogP contribution in [-0.4, -0.2) is 13.1 Å². The molecule has 84 valence electrons. The quantitative estimate of drug-likeness (QED) is 0.802. The molecule has 2 N–H and O–H groups in total. The zero-order chi connectivity index (χ0) is 11.3. The summed E-state index contributed by atoms with van der Waals surface area (Å²) in [6.45, 7) is 8.59. The van der Waals surface area contributed by atoms with Gasteiger partial charge in [-0.3, -0.25) is 0 Å². The van der Waals surface area contributed by atoms with Crippen LogP contribution in [0.5, 0.6) is 0 Å². The van der Waals surface area contributed by atoms with Crippen LogP contribution < -0.4 is 10.6 Å². The number of rotatable bonds is 5. The summed E-state index contributed by atoms with van der Waals surface area (Å²) < 4.78 is 0. The third-order valence-electron chi connectivity index (χ3n) is 2.66. The number of nitrogens with two attached hydrogens (primary N) is 1. The van der Waals surface area contributed by atoms with Crippen molar-refractivity contribution < 1.29 is 0 Å². The highest BCUT2D eigenvalue weighted by molar-refractivity contribution is 5.47. The minimum absolute atomic E-state index is 0.125. The first kappa shape index (κ1) is 12.1. The van der Waals surface area contributed by atoms with Gasteiger partial charge in [0.1, 0.15) is 0 Å². The maximum Gasteiger partial charge on any atom is 0.0366 e. The van der Waals surface area contributed by atoms with Crippen LogP contribution in [0, 0.1) is 0 Å². The second kappa shape index (κ2) is 5.76. The van der Waals surface area contributed by atoms with Gasteiger partial charge in [-0.1, -0.05) is 19.1 Å². The van der Waals surface area contributed by atoms with Crippen LogP contribution in [0.3, 0.4) is 0 Å². The van der Waals surface area contributed by atoms with Crippen molar-refractivity contribution >= 4 is 5.69 Å². The summed E-state index contributed by atoms with van der Waals surface area (Å²) in [4.78, 5) is 2.38. The van der Waals surface area contributed by atoms with Crippen LogP contribution in [-0.2, 0) is 0 Å². The molecule has 2 nitrogen and oxygen atoms in total. The van der Waals surface area contributed by atoms with Gasteiger partial charge in [0, 0.05) is 24.8 Å². The Balaban J connectivity index is 2.77. The zero-order valence-electron chi connectivity index (χ0n) is 10.0. The molecule has 1 atom stereocenters. The van der Waals surface area contributed by atoms with Crippen LogP contribution in [0.2, 0.25) is 0 Å². The van der Waals surface area contributed by atoms with Crippen molar-refractivity contribution in [2.45, 2.75) is 33.2 Å². The lowest BCUT2D eigenvalue weighted by molar-refractivity contribution is 0.788. The van der Waals surface area contributed by atoms with E-state index in [1.54, 1.807) is 0 Å². The van der Waals surface area contributed by atoms with Gasteiger partial charge < -0.3 is 10.6 Å². The third kappa shape index (κ3) is 3.24. The molecule has 0 saturated carbocycles. The number of hydrogen-bond donors (Lipinski definition) is 1. The van der Waals surface area contributed by atoms with E-state index in [2.05, 4.69) is 43.0 Å². The van der Waals surface area contributed by atoms with E-state index in [0.717, 1.165) is 13.1 Å². The zero-order valence-corrected chi connectivity index (χ0v) is 10.0. The molecular formula is C13H22N2. The minimum Gasteiger partial charge on any atom is -0.372 e. The molecule has 1 unspecified atom stereocenters. The van der Waals surface area contributed by atoms with Crippen molar-refractivity contribution in [1.29, 1.82) is 0 Å². The molecule has 0 radical (unpaired) electrons. The fourth-order valence-electron chi connectivity index (χ4n) is 1.73. The second-order valence-electron chi connectivity index (χ2n) is 3.96. The number of nitrogens with zero attached hydrogens (tertiary/aromatic N) is 1. The van der Waals surface area contributed by atoms with Gasteiger partial charge in [-0.15, -0.1) is 0 Å². The Labute approximate surface area is 93.1 Å². The average Bonchev–Trinajstić information content (AvgIpc) is 2.26. The minimum atomic E-state index is 0.125. The number of anilines is 1. The first-order valence-corrected chi connectivity index (χ1v) is 5.79. The van der Waals surface area contributed by atoms with Gasteiger partial charge >= 0.3 is 0 Å². The van der Waals surface area contributed by atoms with Crippen molar-refractivity contribution in [2.75, 3.05) is 18.0 Å². The van der Waals surface area contributed by atoms with Gasteiger partial charge in [-0.05, 0) is 38.0 Å². The smallest absolute Gasteiger partial charge is 0.0366 e. The predicted molar refractivity (Wildman–Crippen MR) is 67.2 cm³/mol. The van der Waals surface area contributed by atoms with Gasteiger partial charge in [0.05, 0.1) is 0 Å². The molecule has 1 aromatic rings. The Morgan fingerprint density at radius 2 is 1.80 bits per heavy atom. The van der Waals surface area contributed by atoms with Crippen LogP contribution in [0.4, 0.5) is 5.69 Å². The van der Waals surface area contributed by atoms with Crippen molar-refractivity contribution in [3.63, 3.8) is 0 Å². The van der Waals surface area contributed by atoms with E-state index in [9.17, 15) is 0 Å². The molecule has 0 aliphatic carbocycles. The van der Waals surface area contributed by atoms with Gasteiger partial charge in [0.25, 0.3) is 0 Å². The summed E-state index contributed by atoms with van der Waals surface area (Å²) in [6.07, 6.45) is 1.18. The van der Waals surface area contributed by atoms with E-state index >= 15 is 0 Å². The molecule has 0 saturated heterocycles. The van der Waals surface area contributed by atoms with E-state index in [0.29, 0.717) is 0 Å². The van der Waals surface area contributed by atoms with Crippen molar-refractivity contribution in [3.05, 3.63) is 29.8 Å². The predicted octanol–water partition coefficient (Wildman–Crippen LogP) is 2.94. The standard InChI is InChI=1S/C13H22N2/c1-4-10-15(5-2)13-8-6-12(7-9-13)11(3)14/h6-9,11H,4-5,10,14H2,1-3H3. The fraction of sp³-hybridized carbons (Fsp3) is 0.538.